The number of esters is 1. The first-order valence-corrected chi connectivity index (χ1v) is 3.59. The summed E-state index contributed by atoms with van der Waals surface area (Å²) in [5.41, 5.74) is 7.64. The van der Waals surface area contributed by atoms with Gasteiger partial charge in [0.15, 0.2) is 0 Å². The molecule has 3 heteroatoms. The molecule has 1 aliphatic carbocycles. The maximum Gasteiger partial charge on any atom is 0.337 e. The van der Waals surface area contributed by atoms with Crippen molar-refractivity contribution in [2.24, 2.45) is 5.73 Å². The highest BCUT2D eigenvalue weighted by Gasteiger charge is 2.11. The molecule has 0 saturated carbocycles. The molecule has 0 saturated heterocycles. The Morgan fingerprint density at radius 3 is 2.58 bits per heavy atom. The fraction of sp³-hybridized carbons (Fsp3) is 0.222. The summed E-state index contributed by atoms with van der Waals surface area (Å²) in [5, 5.41) is 0. The van der Waals surface area contributed by atoms with Gasteiger partial charge in [-0.15, -0.1) is 0 Å². The van der Waals surface area contributed by atoms with Crippen molar-refractivity contribution in [3.8, 4) is 0 Å². The largest absolute Gasteiger partial charge is 0.465 e. The lowest BCUT2D eigenvalue weighted by Gasteiger charge is -1.95. The monoisotopic (exact) mass is 165 g/mol. The summed E-state index contributed by atoms with van der Waals surface area (Å²) in [5.74, 6) is -0.331. The molecule has 0 amide bonds. The van der Waals surface area contributed by atoms with Crippen LogP contribution in [0.15, 0.2) is 35.1 Å². The van der Waals surface area contributed by atoms with Crippen molar-refractivity contribution < 1.29 is 9.53 Å². The number of carbonyl (C=O) groups excluding carboxylic acids is 1. The van der Waals surface area contributed by atoms with Crippen LogP contribution in [0.1, 0.15) is 6.92 Å². The molecule has 64 valence electrons. The second-order valence-electron chi connectivity index (χ2n) is 2.56. The van der Waals surface area contributed by atoms with Gasteiger partial charge in [0.2, 0.25) is 0 Å². The second kappa shape index (κ2) is 3.26. The summed E-state index contributed by atoms with van der Waals surface area (Å²) in [6.07, 6.45) is 5.19. The third kappa shape index (κ3) is 1.56. The van der Waals surface area contributed by atoms with Gasteiger partial charge in [-0.2, -0.15) is 0 Å². The zero-order chi connectivity index (χ0) is 9.14. The molecule has 3 nitrogen and oxygen atoms in total. The fourth-order valence-electron chi connectivity index (χ4n) is 0.933. The van der Waals surface area contributed by atoms with Crippen molar-refractivity contribution in [1.29, 1.82) is 0 Å². The number of allylic oxidation sites excluding steroid dienone is 4. The van der Waals surface area contributed by atoms with Gasteiger partial charge < -0.3 is 10.5 Å². The molecule has 1 rings (SSSR count). The minimum atomic E-state index is -0.331. The van der Waals surface area contributed by atoms with E-state index >= 15 is 0 Å². The minimum Gasteiger partial charge on any atom is -0.465 e. The van der Waals surface area contributed by atoms with Crippen LogP contribution in [0.5, 0.6) is 0 Å². The van der Waals surface area contributed by atoms with Crippen LogP contribution in [0.2, 0.25) is 0 Å². The lowest BCUT2D eigenvalue weighted by molar-refractivity contribution is -0.135. The Kier molecular flexibility index (Phi) is 2.33. The molecule has 0 heterocycles. The molecule has 0 fully saturated rings. The van der Waals surface area contributed by atoms with Gasteiger partial charge in [0.25, 0.3) is 0 Å². The van der Waals surface area contributed by atoms with E-state index in [1.807, 2.05) is 0 Å². The highest BCUT2D eigenvalue weighted by molar-refractivity contribution is 5.93. The van der Waals surface area contributed by atoms with Gasteiger partial charge in [-0.3, -0.25) is 0 Å². The maximum absolute atomic E-state index is 11.0. The zero-order valence-corrected chi connectivity index (χ0v) is 7.13. The van der Waals surface area contributed by atoms with Crippen LogP contribution in [-0.4, -0.2) is 13.1 Å². The van der Waals surface area contributed by atoms with Crippen molar-refractivity contribution in [2.45, 2.75) is 6.92 Å². The minimum absolute atomic E-state index is 0.331. The SMILES string of the molecule is COC(=O)C1=C/C(=C(\C)N)C=C1. The average molecular weight is 165 g/mol. The van der Waals surface area contributed by atoms with E-state index in [-0.39, 0.29) is 5.97 Å². The molecular formula is C9H11NO2. The molecule has 0 bridgehead atoms. The van der Waals surface area contributed by atoms with Crippen LogP contribution < -0.4 is 5.73 Å². The van der Waals surface area contributed by atoms with E-state index in [9.17, 15) is 4.79 Å². The Hall–Kier alpha value is -1.51. The van der Waals surface area contributed by atoms with Gasteiger partial charge in [-0.25, -0.2) is 4.79 Å². The number of hydrogen-bond acceptors (Lipinski definition) is 3. The summed E-state index contributed by atoms with van der Waals surface area (Å²) in [6, 6.07) is 0. The van der Waals surface area contributed by atoms with Gasteiger partial charge in [-0.05, 0) is 24.6 Å². The van der Waals surface area contributed by atoms with Gasteiger partial charge in [0, 0.05) is 5.70 Å². The van der Waals surface area contributed by atoms with Gasteiger partial charge in [0.05, 0.1) is 12.7 Å². The standard InChI is InChI=1S/C9H11NO2/c1-6(10)7-3-4-8(5-7)9(11)12-2/h3-5H,10H2,1-2H3/b7-6+. The van der Waals surface area contributed by atoms with Crippen LogP contribution in [-0.2, 0) is 9.53 Å². The molecule has 2 N–H and O–H groups in total. The lowest BCUT2D eigenvalue weighted by atomic mass is 10.2. The molecule has 12 heavy (non-hydrogen) atoms. The second-order valence-corrected chi connectivity index (χ2v) is 2.56. The van der Waals surface area contributed by atoms with E-state index < -0.39 is 0 Å². The molecular weight excluding hydrogens is 154 g/mol. The first-order chi connectivity index (χ1) is 5.65. The first kappa shape index (κ1) is 8.59. The van der Waals surface area contributed by atoms with Crippen molar-refractivity contribution in [2.75, 3.05) is 7.11 Å². The Bertz CT molecular complexity index is 294. The molecule has 0 unspecified atom stereocenters. The third-order valence-corrected chi connectivity index (χ3v) is 1.63. The molecule has 0 aromatic rings. The number of hydrogen-bond donors (Lipinski definition) is 1. The van der Waals surface area contributed by atoms with E-state index in [2.05, 4.69) is 4.74 Å². The molecule has 0 spiro atoms. The van der Waals surface area contributed by atoms with Crippen molar-refractivity contribution >= 4 is 5.97 Å². The summed E-state index contributed by atoms with van der Waals surface area (Å²) in [4.78, 5) is 11.0. The van der Waals surface area contributed by atoms with Crippen LogP contribution >= 0.6 is 0 Å². The normalized spacial score (nSPS) is 19.0. The quantitative estimate of drug-likeness (QED) is 0.587. The van der Waals surface area contributed by atoms with E-state index in [4.69, 9.17) is 5.73 Å². The summed E-state index contributed by atoms with van der Waals surface area (Å²) < 4.78 is 4.54. The van der Waals surface area contributed by atoms with E-state index in [1.54, 1.807) is 25.2 Å². The molecule has 0 radical (unpaired) electrons. The van der Waals surface area contributed by atoms with Crippen LogP contribution in [0, 0.1) is 0 Å². The first-order valence-electron chi connectivity index (χ1n) is 3.59. The molecule has 0 aromatic heterocycles. The van der Waals surface area contributed by atoms with Crippen molar-refractivity contribution in [3.63, 3.8) is 0 Å². The molecule has 1 aliphatic rings. The number of methoxy groups -OCH3 is 1. The van der Waals surface area contributed by atoms with E-state index in [1.165, 1.54) is 7.11 Å². The summed E-state index contributed by atoms with van der Waals surface area (Å²) >= 11 is 0. The summed E-state index contributed by atoms with van der Waals surface area (Å²) in [7, 11) is 1.36. The van der Waals surface area contributed by atoms with Gasteiger partial charge >= 0.3 is 5.97 Å². The predicted octanol–water partition coefficient (Wildman–Crippen LogP) is 0.888. The average Bonchev–Trinajstić information content (AvgIpc) is 2.51. The van der Waals surface area contributed by atoms with Crippen molar-refractivity contribution in [1.82, 2.24) is 0 Å². The molecule has 0 aromatic carbocycles. The number of carbonyl (C=O) groups is 1. The van der Waals surface area contributed by atoms with Crippen molar-refractivity contribution in [3.05, 3.63) is 35.1 Å². The topological polar surface area (TPSA) is 52.3 Å². The third-order valence-electron chi connectivity index (χ3n) is 1.63. The molecule has 0 aliphatic heterocycles. The highest BCUT2D eigenvalue weighted by Crippen LogP contribution is 2.17. The Morgan fingerprint density at radius 2 is 2.17 bits per heavy atom. The number of ether oxygens (including phenoxy) is 1. The Morgan fingerprint density at radius 1 is 1.50 bits per heavy atom. The van der Waals surface area contributed by atoms with Crippen LogP contribution in [0.4, 0.5) is 0 Å². The maximum atomic E-state index is 11.0. The Balaban J connectivity index is 2.89. The highest BCUT2D eigenvalue weighted by atomic mass is 16.5. The number of rotatable bonds is 1. The molecule has 0 atom stereocenters. The van der Waals surface area contributed by atoms with E-state index in [0.717, 1.165) is 5.57 Å². The fourth-order valence-corrected chi connectivity index (χ4v) is 0.933. The summed E-state index contributed by atoms with van der Waals surface area (Å²) in [6.45, 7) is 1.79. The lowest BCUT2D eigenvalue weighted by Crippen LogP contribution is -2.01. The predicted molar refractivity (Wildman–Crippen MR) is 46.1 cm³/mol. The van der Waals surface area contributed by atoms with Crippen LogP contribution in [0.25, 0.3) is 0 Å². The van der Waals surface area contributed by atoms with Crippen LogP contribution in [0.3, 0.4) is 0 Å². The smallest absolute Gasteiger partial charge is 0.337 e. The van der Waals surface area contributed by atoms with Gasteiger partial charge in [-0.1, -0.05) is 6.08 Å². The zero-order valence-electron chi connectivity index (χ0n) is 7.13. The Labute approximate surface area is 71.2 Å². The number of nitrogens with two attached hydrogens (primary N) is 1. The van der Waals surface area contributed by atoms with E-state index in [0.29, 0.717) is 11.3 Å². The van der Waals surface area contributed by atoms with Gasteiger partial charge in [0.1, 0.15) is 0 Å².